The summed E-state index contributed by atoms with van der Waals surface area (Å²) < 4.78 is 0. The highest BCUT2D eigenvalue weighted by molar-refractivity contribution is 4.72. The minimum atomic E-state index is 0.658. The van der Waals surface area contributed by atoms with Crippen molar-refractivity contribution in [3.63, 3.8) is 0 Å². The molecular weight excluding hydrogens is 112 g/mol. The van der Waals surface area contributed by atoms with Crippen LogP contribution >= 0.6 is 0 Å². The van der Waals surface area contributed by atoms with Gasteiger partial charge in [-0.3, -0.25) is 0 Å². The normalized spacial score (nSPS) is 23.3. The molecule has 0 amide bonds. The molecule has 2 nitrogen and oxygen atoms in total. The van der Waals surface area contributed by atoms with Gasteiger partial charge in [-0.15, -0.1) is 0 Å². The summed E-state index contributed by atoms with van der Waals surface area (Å²) in [5.41, 5.74) is 0. The predicted octanol–water partition coefficient (Wildman–Crippen LogP) is 0.300. The zero-order valence-corrected chi connectivity index (χ0v) is 6.35. The van der Waals surface area contributed by atoms with Crippen LogP contribution in [0.25, 0.3) is 0 Å². The first-order chi connectivity index (χ1) is 4.33. The zero-order valence-electron chi connectivity index (χ0n) is 6.35. The Hall–Kier alpha value is -0.0800. The lowest BCUT2D eigenvalue weighted by Gasteiger charge is -2.32. The van der Waals surface area contributed by atoms with Gasteiger partial charge >= 0.3 is 0 Å². The number of hydrogen-bond acceptors (Lipinski definition) is 2. The van der Waals surface area contributed by atoms with Crippen molar-refractivity contribution in [2.24, 2.45) is 0 Å². The van der Waals surface area contributed by atoms with Gasteiger partial charge in [-0.1, -0.05) is 0 Å². The Kier molecular flexibility index (Phi) is 2.49. The SMILES string of the molecule is CNC(C)CN1CCC1. The van der Waals surface area contributed by atoms with Crippen molar-refractivity contribution in [1.29, 1.82) is 0 Å². The highest BCUT2D eigenvalue weighted by atomic mass is 15.2. The second kappa shape index (κ2) is 3.18. The predicted molar refractivity (Wildman–Crippen MR) is 39.6 cm³/mol. The van der Waals surface area contributed by atoms with Crippen molar-refractivity contribution in [1.82, 2.24) is 10.2 Å². The van der Waals surface area contributed by atoms with E-state index in [0.717, 1.165) is 0 Å². The van der Waals surface area contributed by atoms with Gasteiger partial charge in [-0.2, -0.15) is 0 Å². The third-order valence-electron chi connectivity index (χ3n) is 1.97. The van der Waals surface area contributed by atoms with Crippen LogP contribution in [0.3, 0.4) is 0 Å². The molecule has 1 unspecified atom stereocenters. The fourth-order valence-electron chi connectivity index (χ4n) is 1.04. The van der Waals surface area contributed by atoms with Crippen LogP contribution in [-0.4, -0.2) is 37.6 Å². The molecule has 0 spiro atoms. The lowest BCUT2D eigenvalue weighted by molar-refractivity contribution is 0.167. The smallest absolute Gasteiger partial charge is 0.0163 e. The Labute approximate surface area is 57.2 Å². The van der Waals surface area contributed by atoms with Crippen LogP contribution < -0.4 is 5.32 Å². The van der Waals surface area contributed by atoms with E-state index in [-0.39, 0.29) is 0 Å². The van der Waals surface area contributed by atoms with E-state index in [2.05, 4.69) is 17.1 Å². The highest BCUT2D eigenvalue weighted by Crippen LogP contribution is 2.05. The summed E-state index contributed by atoms with van der Waals surface area (Å²) in [5.74, 6) is 0. The van der Waals surface area contributed by atoms with Gasteiger partial charge in [0.25, 0.3) is 0 Å². The molecule has 1 atom stereocenters. The molecule has 2 heteroatoms. The highest BCUT2D eigenvalue weighted by Gasteiger charge is 2.14. The largest absolute Gasteiger partial charge is 0.316 e. The standard InChI is InChI=1S/C7H16N2/c1-7(8-2)6-9-4-3-5-9/h7-8H,3-6H2,1-2H3. The Morgan fingerprint density at radius 3 is 2.56 bits per heavy atom. The summed E-state index contributed by atoms with van der Waals surface area (Å²) in [4.78, 5) is 2.47. The number of likely N-dealkylation sites (tertiary alicyclic amines) is 1. The number of likely N-dealkylation sites (N-methyl/N-ethyl adjacent to an activating group) is 1. The maximum Gasteiger partial charge on any atom is 0.0163 e. The van der Waals surface area contributed by atoms with Gasteiger partial charge in [-0.05, 0) is 33.5 Å². The van der Waals surface area contributed by atoms with Crippen LogP contribution in [0.4, 0.5) is 0 Å². The minimum Gasteiger partial charge on any atom is -0.316 e. The first-order valence-electron chi connectivity index (χ1n) is 3.72. The van der Waals surface area contributed by atoms with Crippen LogP contribution in [-0.2, 0) is 0 Å². The second-order valence-corrected chi connectivity index (χ2v) is 2.84. The van der Waals surface area contributed by atoms with Gasteiger partial charge in [0, 0.05) is 12.6 Å². The first-order valence-corrected chi connectivity index (χ1v) is 3.72. The monoisotopic (exact) mass is 128 g/mol. The van der Waals surface area contributed by atoms with Crippen molar-refractivity contribution in [2.75, 3.05) is 26.7 Å². The number of rotatable bonds is 3. The third kappa shape index (κ3) is 1.95. The summed E-state index contributed by atoms with van der Waals surface area (Å²) in [6.45, 7) is 6.06. The third-order valence-corrected chi connectivity index (χ3v) is 1.97. The number of hydrogen-bond donors (Lipinski definition) is 1. The Bertz CT molecular complexity index is 76.2. The molecule has 54 valence electrons. The van der Waals surface area contributed by atoms with Gasteiger partial charge in [0.2, 0.25) is 0 Å². The molecule has 1 N–H and O–H groups in total. The van der Waals surface area contributed by atoms with Crippen molar-refractivity contribution < 1.29 is 0 Å². The van der Waals surface area contributed by atoms with Crippen LogP contribution in [0.1, 0.15) is 13.3 Å². The van der Waals surface area contributed by atoms with Gasteiger partial charge in [-0.25, -0.2) is 0 Å². The van der Waals surface area contributed by atoms with E-state index in [1.54, 1.807) is 0 Å². The van der Waals surface area contributed by atoms with E-state index in [9.17, 15) is 0 Å². The van der Waals surface area contributed by atoms with Crippen molar-refractivity contribution in [3.8, 4) is 0 Å². The van der Waals surface area contributed by atoms with E-state index in [1.807, 2.05) is 7.05 Å². The molecule has 0 aliphatic carbocycles. The van der Waals surface area contributed by atoms with Gasteiger partial charge in [0.1, 0.15) is 0 Å². The molecule has 0 aromatic rings. The van der Waals surface area contributed by atoms with Crippen LogP contribution in [0.15, 0.2) is 0 Å². The maximum atomic E-state index is 3.22. The molecule has 1 heterocycles. The van der Waals surface area contributed by atoms with E-state index in [1.165, 1.54) is 26.1 Å². The summed E-state index contributed by atoms with van der Waals surface area (Å²) in [6, 6.07) is 0.658. The summed E-state index contributed by atoms with van der Waals surface area (Å²) >= 11 is 0. The Balaban J connectivity index is 2.01. The minimum absolute atomic E-state index is 0.658. The van der Waals surface area contributed by atoms with Crippen molar-refractivity contribution >= 4 is 0 Å². The van der Waals surface area contributed by atoms with E-state index in [0.29, 0.717) is 6.04 Å². The molecule has 0 bridgehead atoms. The fourth-order valence-corrected chi connectivity index (χ4v) is 1.04. The number of nitrogens with zero attached hydrogens (tertiary/aromatic N) is 1. The van der Waals surface area contributed by atoms with Gasteiger partial charge in [0.05, 0.1) is 0 Å². The molecule has 0 aromatic carbocycles. The molecule has 1 aliphatic rings. The Morgan fingerprint density at radius 1 is 1.56 bits per heavy atom. The van der Waals surface area contributed by atoms with Crippen molar-refractivity contribution in [2.45, 2.75) is 19.4 Å². The summed E-state index contributed by atoms with van der Waals surface area (Å²) in [7, 11) is 2.02. The molecule has 1 saturated heterocycles. The topological polar surface area (TPSA) is 15.3 Å². The molecule has 0 aromatic heterocycles. The summed E-state index contributed by atoms with van der Waals surface area (Å²) in [6.07, 6.45) is 1.40. The molecule has 0 radical (unpaired) electrons. The molecule has 1 fully saturated rings. The molecule has 1 aliphatic heterocycles. The van der Waals surface area contributed by atoms with Gasteiger partial charge < -0.3 is 10.2 Å². The van der Waals surface area contributed by atoms with E-state index < -0.39 is 0 Å². The van der Waals surface area contributed by atoms with Crippen molar-refractivity contribution in [3.05, 3.63) is 0 Å². The quantitative estimate of drug-likeness (QED) is 0.588. The fraction of sp³-hybridized carbons (Fsp3) is 1.00. The van der Waals surface area contributed by atoms with E-state index in [4.69, 9.17) is 0 Å². The number of nitrogens with one attached hydrogen (secondary N) is 1. The molecular formula is C7H16N2. The average Bonchev–Trinajstić information content (AvgIpc) is 1.78. The maximum absolute atomic E-state index is 3.22. The average molecular weight is 128 g/mol. The van der Waals surface area contributed by atoms with E-state index >= 15 is 0 Å². The van der Waals surface area contributed by atoms with Crippen LogP contribution in [0.2, 0.25) is 0 Å². The Morgan fingerprint density at radius 2 is 2.22 bits per heavy atom. The van der Waals surface area contributed by atoms with Crippen LogP contribution in [0.5, 0.6) is 0 Å². The van der Waals surface area contributed by atoms with Gasteiger partial charge in [0.15, 0.2) is 0 Å². The second-order valence-electron chi connectivity index (χ2n) is 2.84. The lowest BCUT2D eigenvalue weighted by atomic mass is 10.2. The zero-order chi connectivity index (χ0) is 6.69. The molecule has 0 saturated carbocycles. The summed E-state index contributed by atoms with van der Waals surface area (Å²) in [5, 5.41) is 3.22. The van der Waals surface area contributed by atoms with Crippen LogP contribution in [0, 0.1) is 0 Å². The molecule has 1 rings (SSSR count). The lowest BCUT2D eigenvalue weighted by Crippen LogP contribution is -2.44. The molecule has 9 heavy (non-hydrogen) atoms. The first kappa shape index (κ1) is 7.03.